The van der Waals surface area contributed by atoms with Crippen LogP contribution in [0.1, 0.15) is 24.4 Å². The maximum atomic E-state index is 6.09. The minimum atomic E-state index is 0.278. The van der Waals surface area contributed by atoms with E-state index in [0.29, 0.717) is 12.5 Å². The Kier molecular flexibility index (Phi) is 5.90. The lowest BCUT2D eigenvalue weighted by atomic mass is 10.1. The van der Waals surface area contributed by atoms with Crippen LogP contribution in [-0.2, 0) is 0 Å². The normalized spacial score (nSPS) is 16.6. The largest absolute Gasteiger partial charge is 0.497 e. The van der Waals surface area contributed by atoms with E-state index in [-0.39, 0.29) is 6.04 Å². The van der Waals surface area contributed by atoms with Gasteiger partial charge in [-0.1, -0.05) is 30.3 Å². The first-order chi connectivity index (χ1) is 12.3. The number of nitrogens with zero attached hydrogens (tertiary/aromatic N) is 2. The molecule has 0 saturated carbocycles. The Balaban J connectivity index is 1.67. The van der Waals surface area contributed by atoms with Gasteiger partial charge in [0.1, 0.15) is 5.75 Å². The highest BCUT2D eigenvalue weighted by Gasteiger charge is 2.23. The third-order valence-corrected chi connectivity index (χ3v) is 4.56. The Hall–Kier alpha value is -2.53. The number of nitrogens with one attached hydrogen (secondary N) is 1. The van der Waals surface area contributed by atoms with Crippen LogP contribution in [0.15, 0.2) is 59.6 Å². The molecule has 0 spiro atoms. The lowest BCUT2D eigenvalue weighted by Crippen LogP contribution is -2.30. The third-order valence-electron chi connectivity index (χ3n) is 4.56. The molecule has 0 bridgehead atoms. The number of benzene rings is 2. The van der Waals surface area contributed by atoms with E-state index in [4.69, 9.17) is 10.5 Å². The van der Waals surface area contributed by atoms with Gasteiger partial charge in [0.2, 0.25) is 0 Å². The molecular weight excluding hydrogens is 312 g/mol. The predicted octanol–water partition coefficient (Wildman–Crippen LogP) is 3.26. The van der Waals surface area contributed by atoms with Crippen molar-refractivity contribution in [2.24, 2.45) is 10.7 Å². The van der Waals surface area contributed by atoms with Crippen molar-refractivity contribution in [3.8, 4) is 5.75 Å². The van der Waals surface area contributed by atoms with Crippen molar-refractivity contribution < 1.29 is 4.74 Å². The molecule has 0 aromatic heterocycles. The fraction of sp³-hybridized carbons (Fsp3) is 0.350. The lowest BCUT2D eigenvalue weighted by molar-refractivity contribution is 0.252. The molecule has 1 saturated heterocycles. The van der Waals surface area contributed by atoms with Crippen LogP contribution in [0.25, 0.3) is 0 Å². The minimum absolute atomic E-state index is 0.278. The Morgan fingerprint density at radius 3 is 2.44 bits per heavy atom. The van der Waals surface area contributed by atoms with Gasteiger partial charge in [0.15, 0.2) is 5.96 Å². The average molecular weight is 338 g/mol. The fourth-order valence-corrected chi connectivity index (χ4v) is 3.21. The maximum Gasteiger partial charge on any atom is 0.193 e. The highest BCUT2D eigenvalue weighted by molar-refractivity contribution is 5.92. The van der Waals surface area contributed by atoms with Gasteiger partial charge >= 0.3 is 0 Å². The summed E-state index contributed by atoms with van der Waals surface area (Å²) in [4.78, 5) is 7.09. The Bertz CT molecular complexity index is 679. The van der Waals surface area contributed by atoms with E-state index < -0.39 is 0 Å². The van der Waals surface area contributed by atoms with Crippen molar-refractivity contribution in [3.63, 3.8) is 0 Å². The Morgan fingerprint density at radius 2 is 1.80 bits per heavy atom. The van der Waals surface area contributed by atoms with Crippen LogP contribution < -0.4 is 15.8 Å². The molecule has 5 heteroatoms. The van der Waals surface area contributed by atoms with Crippen LogP contribution in [-0.4, -0.2) is 37.6 Å². The molecule has 2 aromatic carbocycles. The van der Waals surface area contributed by atoms with Crippen LogP contribution >= 0.6 is 0 Å². The highest BCUT2D eigenvalue weighted by atomic mass is 16.5. The molecule has 3 N–H and O–H groups in total. The summed E-state index contributed by atoms with van der Waals surface area (Å²) >= 11 is 0. The molecule has 0 amide bonds. The lowest BCUT2D eigenvalue weighted by Gasteiger charge is -2.26. The molecule has 1 fully saturated rings. The van der Waals surface area contributed by atoms with E-state index >= 15 is 0 Å². The van der Waals surface area contributed by atoms with Crippen molar-refractivity contribution in [1.29, 1.82) is 0 Å². The minimum Gasteiger partial charge on any atom is -0.497 e. The number of aliphatic imine (C=N–C) groups is 1. The number of rotatable bonds is 6. The van der Waals surface area contributed by atoms with E-state index in [1.54, 1.807) is 7.11 Å². The molecule has 1 heterocycles. The van der Waals surface area contributed by atoms with Crippen LogP contribution in [0.3, 0.4) is 0 Å². The molecule has 2 aromatic rings. The van der Waals surface area contributed by atoms with Crippen LogP contribution in [0.5, 0.6) is 5.75 Å². The first-order valence-corrected chi connectivity index (χ1v) is 8.76. The number of nitrogens with two attached hydrogens (primary N) is 1. The Labute approximate surface area is 149 Å². The number of methoxy groups -OCH3 is 1. The van der Waals surface area contributed by atoms with Gasteiger partial charge in [-0.2, -0.15) is 0 Å². The molecule has 1 aliphatic heterocycles. The zero-order valence-corrected chi connectivity index (χ0v) is 14.7. The van der Waals surface area contributed by atoms with Crippen molar-refractivity contribution in [2.75, 3.05) is 32.1 Å². The second-order valence-corrected chi connectivity index (χ2v) is 6.25. The van der Waals surface area contributed by atoms with Gasteiger partial charge in [-0.3, -0.25) is 9.89 Å². The molecule has 1 unspecified atom stereocenters. The van der Waals surface area contributed by atoms with Crippen molar-refractivity contribution in [2.45, 2.75) is 18.9 Å². The van der Waals surface area contributed by atoms with Crippen LogP contribution in [0.2, 0.25) is 0 Å². The first kappa shape index (κ1) is 17.3. The highest BCUT2D eigenvalue weighted by Crippen LogP contribution is 2.25. The second-order valence-electron chi connectivity index (χ2n) is 6.25. The van der Waals surface area contributed by atoms with Crippen LogP contribution in [0, 0.1) is 0 Å². The Morgan fingerprint density at radius 1 is 1.12 bits per heavy atom. The number of ether oxygens (including phenoxy) is 1. The van der Waals surface area contributed by atoms with Gasteiger partial charge in [0.05, 0.1) is 19.7 Å². The maximum absolute atomic E-state index is 6.09. The molecule has 3 rings (SSSR count). The monoisotopic (exact) mass is 338 g/mol. The van der Waals surface area contributed by atoms with Gasteiger partial charge in [-0.15, -0.1) is 0 Å². The summed E-state index contributed by atoms with van der Waals surface area (Å²) in [5.41, 5.74) is 8.29. The van der Waals surface area contributed by atoms with Crippen LogP contribution in [0.4, 0.5) is 5.69 Å². The van der Waals surface area contributed by atoms with Gasteiger partial charge < -0.3 is 15.8 Å². The zero-order chi connectivity index (χ0) is 17.5. The second kappa shape index (κ2) is 8.53. The number of guanidine groups is 1. The van der Waals surface area contributed by atoms with E-state index in [1.165, 1.54) is 18.4 Å². The number of hydrogen-bond donors (Lipinski definition) is 2. The first-order valence-electron chi connectivity index (χ1n) is 8.76. The number of hydrogen-bond acceptors (Lipinski definition) is 3. The molecule has 25 heavy (non-hydrogen) atoms. The van der Waals surface area contributed by atoms with Gasteiger partial charge in [-0.25, -0.2) is 0 Å². The van der Waals surface area contributed by atoms with Gasteiger partial charge in [0, 0.05) is 5.69 Å². The van der Waals surface area contributed by atoms with Crippen molar-refractivity contribution in [3.05, 3.63) is 60.2 Å². The third kappa shape index (κ3) is 4.73. The summed E-state index contributed by atoms with van der Waals surface area (Å²) in [7, 11) is 1.65. The molecule has 1 atom stereocenters. The topological polar surface area (TPSA) is 62.9 Å². The zero-order valence-electron chi connectivity index (χ0n) is 14.7. The predicted molar refractivity (Wildman–Crippen MR) is 103 cm³/mol. The summed E-state index contributed by atoms with van der Waals surface area (Å²) < 4.78 is 5.16. The van der Waals surface area contributed by atoms with Crippen molar-refractivity contribution in [1.82, 2.24) is 4.90 Å². The quantitative estimate of drug-likeness (QED) is 0.627. The van der Waals surface area contributed by atoms with Crippen molar-refractivity contribution >= 4 is 11.6 Å². The van der Waals surface area contributed by atoms with Gasteiger partial charge in [-0.05, 0) is 55.8 Å². The molecule has 0 radical (unpaired) electrons. The average Bonchev–Trinajstić information content (AvgIpc) is 3.18. The summed E-state index contributed by atoms with van der Waals surface area (Å²) in [5.74, 6) is 1.25. The summed E-state index contributed by atoms with van der Waals surface area (Å²) in [6.45, 7) is 2.90. The smallest absolute Gasteiger partial charge is 0.193 e. The summed E-state index contributed by atoms with van der Waals surface area (Å²) in [6.07, 6.45) is 2.51. The fourth-order valence-electron chi connectivity index (χ4n) is 3.21. The standard InChI is InChI=1S/C20H26N4O/c1-25-18-11-9-17(10-12-18)23-20(21)22-15-19(24-13-5-6-14-24)16-7-3-2-4-8-16/h2-4,7-12,19H,5-6,13-15H2,1H3,(H3,21,22,23). The van der Waals surface area contributed by atoms with E-state index in [9.17, 15) is 0 Å². The molecule has 132 valence electrons. The summed E-state index contributed by atoms with van der Waals surface area (Å²) in [6, 6.07) is 18.5. The molecule has 5 nitrogen and oxygen atoms in total. The van der Waals surface area contributed by atoms with Gasteiger partial charge in [0.25, 0.3) is 0 Å². The van der Waals surface area contributed by atoms with E-state index in [0.717, 1.165) is 24.5 Å². The van der Waals surface area contributed by atoms with E-state index in [1.807, 2.05) is 30.3 Å². The van der Waals surface area contributed by atoms with E-state index in [2.05, 4.69) is 39.5 Å². The molecule has 1 aliphatic rings. The molecule has 0 aliphatic carbocycles. The molecular formula is C20H26N4O. The number of likely N-dealkylation sites (tertiary alicyclic amines) is 1. The number of anilines is 1. The summed E-state index contributed by atoms with van der Waals surface area (Å²) in [5, 5.41) is 3.14. The SMILES string of the molecule is COc1ccc(NC(N)=NCC(c2ccccc2)N2CCCC2)cc1.